The molecular weight excluding hydrogens is 280 g/mol. The highest BCUT2D eigenvalue weighted by atomic mass is 32.2. The number of hydrogen-bond donors (Lipinski definition) is 2. The molecule has 0 unspecified atom stereocenters. The minimum atomic E-state index is -3.57. The van der Waals surface area contributed by atoms with Crippen molar-refractivity contribution in [3.8, 4) is 0 Å². The topological polar surface area (TPSA) is 104 Å². The lowest BCUT2D eigenvalue weighted by molar-refractivity contribution is 0.333. The number of nitrogens with one attached hydrogen (secondary N) is 1. The van der Waals surface area contributed by atoms with E-state index in [9.17, 15) is 8.42 Å². The van der Waals surface area contributed by atoms with Crippen LogP contribution in [0, 0.1) is 0 Å². The molecule has 8 nitrogen and oxygen atoms in total. The zero-order valence-corrected chi connectivity index (χ0v) is 12.9. The number of hydrazine groups is 1. The van der Waals surface area contributed by atoms with E-state index in [4.69, 9.17) is 5.84 Å². The average Bonchev–Trinajstić information content (AvgIpc) is 2.43. The molecule has 20 heavy (non-hydrogen) atoms. The molecule has 9 heteroatoms. The van der Waals surface area contributed by atoms with E-state index in [1.165, 1.54) is 16.7 Å². The maximum absolute atomic E-state index is 12.5. The van der Waals surface area contributed by atoms with Gasteiger partial charge in [0, 0.05) is 19.6 Å². The summed E-state index contributed by atoms with van der Waals surface area (Å²) in [7, 11) is 0.238. The molecule has 1 aromatic rings. The summed E-state index contributed by atoms with van der Waals surface area (Å²) in [5.41, 5.74) is 2.26. The quantitative estimate of drug-likeness (QED) is 0.503. The van der Waals surface area contributed by atoms with Crippen LogP contribution in [0.15, 0.2) is 17.3 Å². The number of hydrogen-bond acceptors (Lipinski definition) is 7. The molecule has 1 rings (SSSR count). The molecule has 114 valence electrons. The van der Waals surface area contributed by atoms with Gasteiger partial charge in [-0.2, -0.15) is 4.31 Å². The van der Waals surface area contributed by atoms with Crippen LogP contribution in [-0.4, -0.2) is 61.3 Å². The molecule has 0 aliphatic heterocycles. The first-order valence-corrected chi connectivity index (χ1v) is 7.79. The smallest absolute Gasteiger partial charge is 0.246 e. The van der Waals surface area contributed by atoms with Crippen molar-refractivity contribution in [3.63, 3.8) is 0 Å². The number of nitrogen functional groups attached to an aromatic ring is 1. The van der Waals surface area contributed by atoms with Crippen molar-refractivity contribution in [3.05, 3.63) is 12.4 Å². The van der Waals surface area contributed by atoms with E-state index in [1.807, 2.05) is 25.9 Å². The molecule has 3 N–H and O–H groups in total. The molecule has 0 bridgehead atoms. The Morgan fingerprint density at radius 3 is 2.25 bits per heavy atom. The molecule has 0 atom stereocenters. The minimum absolute atomic E-state index is 0.0729. The second-order valence-corrected chi connectivity index (χ2v) is 6.53. The van der Waals surface area contributed by atoms with Gasteiger partial charge in [-0.05, 0) is 20.5 Å². The highest BCUT2D eigenvalue weighted by Gasteiger charge is 2.24. The summed E-state index contributed by atoms with van der Waals surface area (Å²) >= 11 is 0. The van der Waals surface area contributed by atoms with Crippen molar-refractivity contribution in [2.75, 3.05) is 39.2 Å². The van der Waals surface area contributed by atoms with Crippen molar-refractivity contribution < 1.29 is 8.42 Å². The zero-order valence-electron chi connectivity index (χ0n) is 12.1. The maximum atomic E-state index is 12.5. The first-order chi connectivity index (χ1) is 9.41. The summed E-state index contributed by atoms with van der Waals surface area (Å²) in [5.74, 6) is 5.34. The van der Waals surface area contributed by atoms with Crippen molar-refractivity contribution in [1.29, 1.82) is 0 Å². The Morgan fingerprint density at radius 1 is 1.20 bits per heavy atom. The molecule has 0 radical (unpaired) electrons. The number of rotatable bonds is 8. The van der Waals surface area contributed by atoms with Crippen molar-refractivity contribution in [2.45, 2.75) is 18.2 Å². The molecule has 1 heterocycles. The first kappa shape index (κ1) is 16.8. The molecule has 0 aromatic carbocycles. The minimum Gasteiger partial charge on any atom is -0.308 e. The number of anilines is 1. The Labute approximate surface area is 120 Å². The van der Waals surface area contributed by atoms with Crippen LogP contribution in [0.5, 0.6) is 0 Å². The fourth-order valence-electron chi connectivity index (χ4n) is 1.59. The van der Waals surface area contributed by atoms with Crippen LogP contribution >= 0.6 is 0 Å². The Hall–Kier alpha value is -1.29. The predicted octanol–water partition coefficient (Wildman–Crippen LogP) is -0.275. The van der Waals surface area contributed by atoms with Crippen LogP contribution in [0.1, 0.15) is 13.3 Å². The summed E-state index contributed by atoms with van der Waals surface area (Å²) in [6, 6.07) is 0. The van der Waals surface area contributed by atoms with Crippen LogP contribution in [-0.2, 0) is 10.0 Å². The van der Waals surface area contributed by atoms with E-state index < -0.39 is 10.0 Å². The molecule has 0 saturated heterocycles. The standard InChI is InChI=1S/C11H22N6O2S/c1-4-5-17(7-6-16(2)3)20(18,19)10-8-13-11(15-12)14-9-10/h8-9H,4-7,12H2,1-3H3,(H,13,14,15). The van der Waals surface area contributed by atoms with Gasteiger partial charge in [0.05, 0.1) is 12.4 Å². The summed E-state index contributed by atoms with van der Waals surface area (Å²) in [6.45, 7) is 3.49. The highest BCUT2D eigenvalue weighted by molar-refractivity contribution is 7.89. The summed E-state index contributed by atoms with van der Waals surface area (Å²) < 4.78 is 26.5. The first-order valence-electron chi connectivity index (χ1n) is 6.35. The number of aromatic nitrogens is 2. The third-order valence-corrected chi connectivity index (χ3v) is 4.52. The van der Waals surface area contributed by atoms with Gasteiger partial charge in [0.2, 0.25) is 16.0 Å². The van der Waals surface area contributed by atoms with Gasteiger partial charge >= 0.3 is 0 Å². The summed E-state index contributed by atoms with van der Waals surface area (Å²) in [4.78, 5) is 9.69. The van der Waals surface area contributed by atoms with Gasteiger partial charge in [0.1, 0.15) is 4.90 Å². The van der Waals surface area contributed by atoms with Crippen LogP contribution in [0.25, 0.3) is 0 Å². The molecule has 1 aromatic heterocycles. The highest BCUT2D eigenvalue weighted by Crippen LogP contribution is 2.14. The SMILES string of the molecule is CCCN(CCN(C)C)S(=O)(=O)c1cnc(NN)nc1. The number of nitrogens with two attached hydrogens (primary N) is 1. The van der Waals surface area contributed by atoms with Crippen LogP contribution in [0.3, 0.4) is 0 Å². The lowest BCUT2D eigenvalue weighted by atomic mass is 10.4. The molecule has 0 saturated carbocycles. The monoisotopic (exact) mass is 302 g/mol. The average molecular weight is 302 g/mol. The van der Waals surface area contributed by atoms with Crippen molar-refractivity contribution in [2.24, 2.45) is 5.84 Å². The van der Waals surface area contributed by atoms with Crippen molar-refractivity contribution >= 4 is 16.0 Å². The summed E-state index contributed by atoms with van der Waals surface area (Å²) in [5, 5.41) is 0. The van der Waals surface area contributed by atoms with Gasteiger partial charge in [0.15, 0.2) is 0 Å². The van der Waals surface area contributed by atoms with Gasteiger partial charge in [-0.3, -0.25) is 5.43 Å². The number of nitrogens with zero attached hydrogens (tertiary/aromatic N) is 4. The lowest BCUT2D eigenvalue weighted by Crippen LogP contribution is -2.37. The molecule has 0 spiro atoms. The number of likely N-dealkylation sites (N-methyl/N-ethyl adjacent to an activating group) is 1. The largest absolute Gasteiger partial charge is 0.308 e. The number of sulfonamides is 1. The third-order valence-electron chi connectivity index (χ3n) is 2.66. The zero-order chi connectivity index (χ0) is 15.2. The Bertz CT molecular complexity index is 502. The Kier molecular flexibility index (Phi) is 6.27. The maximum Gasteiger partial charge on any atom is 0.246 e. The van der Waals surface area contributed by atoms with E-state index in [-0.39, 0.29) is 10.8 Å². The van der Waals surface area contributed by atoms with E-state index in [1.54, 1.807) is 0 Å². The van der Waals surface area contributed by atoms with Gasteiger partial charge < -0.3 is 4.90 Å². The molecule has 0 amide bonds. The van der Waals surface area contributed by atoms with Gasteiger partial charge in [-0.1, -0.05) is 6.92 Å². The van der Waals surface area contributed by atoms with E-state index in [2.05, 4.69) is 15.4 Å². The lowest BCUT2D eigenvalue weighted by Gasteiger charge is -2.23. The van der Waals surface area contributed by atoms with Crippen LogP contribution in [0.4, 0.5) is 5.95 Å². The van der Waals surface area contributed by atoms with Gasteiger partial charge in [-0.15, -0.1) is 0 Å². The van der Waals surface area contributed by atoms with Gasteiger partial charge in [-0.25, -0.2) is 24.2 Å². The Morgan fingerprint density at radius 2 is 1.80 bits per heavy atom. The molecule has 0 aliphatic rings. The molecule has 0 fully saturated rings. The second kappa shape index (κ2) is 7.48. The fourth-order valence-corrected chi connectivity index (χ4v) is 3.00. The molecular formula is C11H22N6O2S. The van der Waals surface area contributed by atoms with Gasteiger partial charge in [0.25, 0.3) is 0 Å². The van der Waals surface area contributed by atoms with E-state index >= 15 is 0 Å². The predicted molar refractivity (Wildman–Crippen MR) is 77.4 cm³/mol. The van der Waals surface area contributed by atoms with E-state index in [0.717, 1.165) is 6.42 Å². The third kappa shape index (κ3) is 4.37. The Balaban J connectivity index is 2.95. The molecule has 0 aliphatic carbocycles. The van der Waals surface area contributed by atoms with Crippen LogP contribution < -0.4 is 11.3 Å². The van der Waals surface area contributed by atoms with E-state index in [0.29, 0.717) is 19.6 Å². The normalized spacial score (nSPS) is 12.1. The van der Waals surface area contributed by atoms with Crippen LogP contribution in [0.2, 0.25) is 0 Å². The fraction of sp³-hybridized carbons (Fsp3) is 0.636. The second-order valence-electron chi connectivity index (χ2n) is 4.59. The summed E-state index contributed by atoms with van der Waals surface area (Å²) in [6.07, 6.45) is 3.27. The van der Waals surface area contributed by atoms with Crippen molar-refractivity contribution in [1.82, 2.24) is 19.2 Å².